The Hall–Kier alpha value is -1.55. The van der Waals surface area contributed by atoms with E-state index < -0.39 is 0 Å². The molecular weight excluding hydrogens is 407 g/mol. The first-order chi connectivity index (χ1) is 12.4. The minimum Gasteiger partial charge on any atom is -0.324 e. The lowest BCUT2D eigenvalue weighted by molar-refractivity contribution is 0.337. The summed E-state index contributed by atoms with van der Waals surface area (Å²) in [6.07, 6.45) is 8.07. The second-order valence-electron chi connectivity index (χ2n) is 6.49. The van der Waals surface area contributed by atoms with Gasteiger partial charge in [-0.25, -0.2) is 9.67 Å². The molecule has 2 aromatic heterocycles. The van der Waals surface area contributed by atoms with Gasteiger partial charge in [-0.2, -0.15) is 0 Å². The molecule has 5 rings (SSSR count). The molecule has 0 aromatic carbocycles. The normalized spacial score (nSPS) is 19.2. The predicted octanol–water partition coefficient (Wildman–Crippen LogP) is 2.17. The van der Waals surface area contributed by atoms with Crippen LogP contribution in [0.2, 0.25) is 0 Å². The van der Waals surface area contributed by atoms with Gasteiger partial charge in [-0.15, -0.1) is 29.9 Å². The smallest absolute Gasteiger partial charge is 0.168 e. The quantitative estimate of drug-likeness (QED) is 0.803. The van der Waals surface area contributed by atoms with E-state index in [4.69, 9.17) is 0 Å². The van der Waals surface area contributed by atoms with Crippen molar-refractivity contribution in [2.45, 2.75) is 25.4 Å². The highest BCUT2D eigenvalue weighted by Gasteiger charge is 2.27. The van der Waals surface area contributed by atoms with Gasteiger partial charge in [-0.1, -0.05) is 17.0 Å². The molecule has 3 aliphatic heterocycles. The zero-order valence-electron chi connectivity index (χ0n) is 14.7. The minimum absolute atomic E-state index is 0. The first-order valence-electron chi connectivity index (χ1n) is 8.70. The van der Waals surface area contributed by atoms with E-state index in [9.17, 15) is 0 Å². The van der Waals surface area contributed by atoms with Gasteiger partial charge in [-0.05, 0) is 25.9 Å². The number of amidine groups is 1. The summed E-state index contributed by atoms with van der Waals surface area (Å²) in [7, 11) is 0. The fraction of sp³-hybridized carbons (Fsp3) is 0.500. The summed E-state index contributed by atoms with van der Waals surface area (Å²) in [6.45, 7) is 4.73. The summed E-state index contributed by atoms with van der Waals surface area (Å²) < 4.78 is 4.15. The van der Waals surface area contributed by atoms with Gasteiger partial charge < -0.3 is 14.8 Å². The van der Waals surface area contributed by atoms with Crippen LogP contribution in [-0.4, -0.2) is 60.8 Å². The molecule has 0 unspecified atom stereocenters. The van der Waals surface area contributed by atoms with E-state index in [0.29, 0.717) is 6.04 Å². The second-order valence-corrected chi connectivity index (χ2v) is 7.32. The van der Waals surface area contributed by atoms with E-state index >= 15 is 0 Å². The van der Waals surface area contributed by atoms with Crippen LogP contribution in [0, 0.1) is 0 Å². The molecule has 8 nitrogen and oxygen atoms in total. The largest absolute Gasteiger partial charge is 0.324 e. The molecule has 2 aromatic rings. The number of fused-ring (bicyclic) bond motifs is 1. The van der Waals surface area contributed by atoms with Crippen LogP contribution in [0.5, 0.6) is 0 Å². The van der Waals surface area contributed by atoms with Crippen LogP contribution in [0.25, 0.3) is 11.5 Å². The van der Waals surface area contributed by atoms with Gasteiger partial charge in [0.1, 0.15) is 5.69 Å². The van der Waals surface area contributed by atoms with Crippen molar-refractivity contribution in [2.75, 3.05) is 26.2 Å². The highest BCUT2D eigenvalue weighted by molar-refractivity contribution is 8.16. The number of piperidine rings is 1. The van der Waals surface area contributed by atoms with E-state index in [1.807, 2.05) is 23.3 Å². The Morgan fingerprint density at radius 1 is 1.22 bits per heavy atom. The van der Waals surface area contributed by atoms with E-state index in [0.717, 1.165) is 62.3 Å². The maximum absolute atomic E-state index is 4.52. The number of nitrogens with one attached hydrogen (secondary N) is 1. The molecule has 0 bridgehead atoms. The molecule has 11 heteroatoms. The molecule has 0 radical (unpaired) electrons. The van der Waals surface area contributed by atoms with Crippen molar-refractivity contribution in [3.05, 3.63) is 29.7 Å². The monoisotopic (exact) mass is 428 g/mol. The molecule has 1 fully saturated rings. The van der Waals surface area contributed by atoms with Crippen molar-refractivity contribution in [3.63, 3.8) is 0 Å². The number of imidazole rings is 1. The molecule has 0 saturated carbocycles. The van der Waals surface area contributed by atoms with E-state index in [1.165, 1.54) is 5.70 Å². The summed E-state index contributed by atoms with van der Waals surface area (Å²) in [4.78, 5) is 11.3. The first kappa shape index (κ1) is 20.2. The van der Waals surface area contributed by atoms with Crippen LogP contribution in [0.3, 0.4) is 0 Å². The van der Waals surface area contributed by atoms with Crippen molar-refractivity contribution >= 4 is 41.7 Å². The number of thioether (sulfide) groups is 1. The van der Waals surface area contributed by atoms with Crippen molar-refractivity contribution in [2.24, 2.45) is 4.99 Å². The maximum Gasteiger partial charge on any atom is 0.168 e. The fourth-order valence-electron chi connectivity index (χ4n) is 3.57. The molecule has 1 N–H and O–H groups in total. The van der Waals surface area contributed by atoms with Crippen LogP contribution < -0.4 is 5.32 Å². The zero-order chi connectivity index (χ0) is 16.6. The predicted molar refractivity (Wildman–Crippen MR) is 112 cm³/mol. The highest BCUT2D eigenvalue weighted by atomic mass is 35.5. The molecule has 0 amide bonds. The lowest BCUT2D eigenvalue weighted by atomic mass is 10.1. The Kier molecular flexibility index (Phi) is 6.46. The van der Waals surface area contributed by atoms with Crippen molar-refractivity contribution in [3.8, 4) is 11.5 Å². The molecule has 0 spiro atoms. The molecule has 27 heavy (non-hydrogen) atoms. The zero-order valence-corrected chi connectivity index (χ0v) is 17.1. The standard InChI is InChI=1S/C16H20N8S.2ClH/c1-3-17-4-2-12(1)24-10-14(20-21-24)15-18-5-7-22(15)9-13-11-25-16-19-6-8-23(13)16;;/h5,7,10-12,17H,1-4,6,8-9H2;2*1H. The van der Waals surface area contributed by atoms with Gasteiger partial charge in [0.15, 0.2) is 11.0 Å². The lowest BCUT2D eigenvalue weighted by Gasteiger charge is -2.22. The number of nitrogens with zero attached hydrogens (tertiary/aromatic N) is 7. The average Bonchev–Trinajstić information content (AvgIpc) is 3.42. The topological polar surface area (TPSA) is 76.2 Å². The number of aromatic nitrogens is 5. The Balaban J connectivity index is 0.00000105. The second kappa shape index (κ2) is 8.64. The van der Waals surface area contributed by atoms with Gasteiger partial charge >= 0.3 is 0 Å². The van der Waals surface area contributed by atoms with Gasteiger partial charge in [0.05, 0.1) is 25.3 Å². The number of hydrogen-bond acceptors (Lipinski definition) is 7. The van der Waals surface area contributed by atoms with Crippen LogP contribution in [0.15, 0.2) is 34.7 Å². The van der Waals surface area contributed by atoms with Gasteiger partial charge in [0.2, 0.25) is 0 Å². The molecular formula is C16H22Cl2N8S. The SMILES string of the molecule is C1=C(Cn2ccnc2-c2cn(C3CCNCC3)nn2)N2CCN=C2S1.Cl.Cl. The van der Waals surface area contributed by atoms with E-state index in [2.05, 4.69) is 40.5 Å². The van der Waals surface area contributed by atoms with Gasteiger partial charge in [-0.3, -0.25) is 4.99 Å². The van der Waals surface area contributed by atoms with E-state index in [1.54, 1.807) is 11.8 Å². The Bertz CT molecular complexity index is 839. The summed E-state index contributed by atoms with van der Waals surface area (Å²) >= 11 is 1.71. The number of hydrogen-bond donors (Lipinski definition) is 1. The molecule has 5 heterocycles. The number of aliphatic imine (C=N–C) groups is 1. The van der Waals surface area contributed by atoms with Crippen LogP contribution >= 0.6 is 36.6 Å². The summed E-state index contributed by atoms with van der Waals surface area (Å²) in [5, 5.41) is 15.4. The van der Waals surface area contributed by atoms with Crippen LogP contribution in [-0.2, 0) is 6.54 Å². The van der Waals surface area contributed by atoms with Gasteiger partial charge in [0, 0.05) is 30.0 Å². The maximum atomic E-state index is 4.52. The van der Waals surface area contributed by atoms with Crippen molar-refractivity contribution in [1.82, 2.24) is 34.8 Å². The number of halogens is 2. The highest BCUT2D eigenvalue weighted by Crippen LogP contribution is 2.31. The Labute approximate surface area is 174 Å². The van der Waals surface area contributed by atoms with Crippen molar-refractivity contribution < 1.29 is 0 Å². The lowest BCUT2D eigenvalue weighted by Crippen LogP contribution is -2.29. The van der Waals surface area contributed by atoms with Gasteiger partial charge in [0.25, 0.3) is 0 Å². The number of rotatable bonds is 4. The fourth-order valence-corrected chi connectivity index (χ4v) is 4.52. The van der Waals surface area contributed by atoms with Crippen LogP contribution in [0.1, 0.15) is 18.9 Å². The molecule has 0 aliphatic carbocycles. The summed E-state index contributed by atoms with van der Waals surface area (Å²) in [5.74, 6) is 0.871. The van der Waals surface area contributed by atoms with Crippen LogP contribution in [0.4, 0.5) is 0 Å². The third kappa shape index (κ3) is 3.87. The Morgan fingerprint density at radius 2 is 2.07 bits per heavy atom. The molecule has 146 valence electrons. The minimum atomic E-state index is 0. The third-order valence-corrected chi connectivity index (χ3v) is 5.87. The Morgan fingerprint density at radius 3 is 2.93 bits per heavy atom. The average molecular weight is 429 g/mol. The molecule has 1 saturated heterocycles. The summed E-state index contributed by atoms with van der Waals surface area (Å²) in [6, 6.07) is 0.434. The van der Waals surface area contributed by atoms with E-state index in [-0.39, 0.29) is 24.8 Å². The molecule has 0 atom stereocenters. The van der Waals surface area contributed by atoms with Crippen molar-refractivity contribution in [1.29, 1.82) is 0 Å². The summed E-state index contributed by atoms with van der Waals surface area (Å²) in [5.41, 5.74) is 2.11. The third-order valence-electron chi connectivity index (χ3n) is 4.92. The number of allylic oxidation sites excluding steroid dienone is 1. The first-order valence-corrected chi connectivity index (χ1v) is 9.58. The molecule has 3 aliphatic rings.